The van der Waals surface area contributed by atoms with E-state index in [0.717, 1.165) is 35.0 Å². The Morgan fingerprint density at radius 1 is 1.13 bits per heavy atom. The number of anilines is 1. The van der Waals surface area contributed by atoms with Gasteiger partial charge in [-0.15, -0.1) is 5.10 Å². The van der Waals surface area contributed by atoms with Crippen LogP contribution in [0.5, 0.6) is 0 Å². The number of nitrogens with zero attached hydrogens (tertiary/aromatic N) is 4. The summed E-state index contributed by atoms with van der Waals surface area (Å²) in [4.78, 5) is 41.8. The Morgan fingerprint density at radius 2 is 1.93 bits per heavy atom. The molecular formula is C35H40N6O5. The number of pyridine rings is 1. The van der Waals surface area contributed by atoms with Gasteiger partial charge in [0.25, 0.3) is 0 Å². The van der Waals surface area contributed by atoms with Crippen molar-refractivity contribution in [2.24, 2.45) is 5.92 Å². The second kappa shape index (κ2) is 13.6. The first-order chi connectivity index (χ1) is 22.0. The highest BCUT2D eigenvalue weighted by atomic mass is 16.4. The lowest BCUT2D eigenvalue weighted by atomic mass is 9.85. The predicted molar refractivity (Wildman–Crippen MR) is 177 cm³/mol. The molecule has 2 atom stereocenters. The van der Waals surface area contributed by atoms with Crippen LogP contribution in [0, 0.1) is 12.8 Å². The van der Waals surface area contributed by atoms with Gasteiger partial charge in [-0.1, -0.05) is 51.0 Å². The summed E-state index contributed by atoms with van der Waals surface area (Å²) in [6, 6.07) is 14.6. The Labute approximate surface area is 267 Å². The molecule has 0 aliphatic rings. The topological polar surface area (TPSA) is 152 Å². The SMILES string of the molecule is CCCC[C@@H](C(=O)Nc1ccc2c(C)c(CC(=O)O)c(=O)oc2c1)n1cc([C@@](C)(NCc2ccc3ncccc3c2)C(C)C)nn1. The first-order valence-corrected chi connectivity index (χ1v) is 15.6. The first kappa shape index (κ1) is 32.5. The van der Waals surface area contributed by atoms with Gasteiger partial charge >= 0.3 is 11.6 Å². The van der Waals surface area contributed by atoms with Crippen LogP contribution < -0.4 is 16.3 Å². The molecule has 3 N–H and O–H groups in total. The Kier molecular flexibility index (Phi) is 9.62. The standard InChI is InChI=1S/C35H40N6O5/c1-6-7-10-29(33(44)38-25-12-13-26-22(4)27(18-32(42)43)34(45)46-30(26)17-25)41-20-31(39-40-41)35(5,21(2)3)37-19-23-11-14-28-24(16-23)9-8-15-36-28/h8-9,11-17,20-21,29,37H,6-7,10,18-19H2,1-5H3,(H,38,44)(H,42,43)/t29-,35-/m0/s1. The lowest BCUT2D eigenvalue weighted by molar-refractivity contribution is -0.136. The van der Waals surface area contributed by atoms with Crippen LogP contribution in [0.25, 0.3) is 21.9 Å². The van der Waals surface area contributed by atoms with Gasteiger partial charge in [0.05, 0.1) is 29.2 Å². The van der Waals surface area contributed by atoms with Crippen LogP contribution in [0.3, 0.4) is 0 Å². The molecule has 11 nitrogen and oxygen atoms in total. The third kappa shape index (κ3) is 6.84. The molecule has 5 aromatic rings. The number of carboxylic acid groups (broad SMARTS) is 1. The van der Waals surface area contributed by atoms with Crippen LogP contribution in [0.4, 0.5) is 5.69 Å². The lowest BCUT2D eigenvalue weighted by Crippen LogP contribution is -2.44. The summed E-state index contributed by atoms with van der Waals surface area (Å²) < 4.78 is 7.07. The Bertz CT molecular complexity index is 1950. The number of unbranched alkanes of at least 4 members (excludes halogenated alkanes) is 1. The van der Waals surface area contributed by atoms with Crippen LogP contribution in [0.2, 0.25) is 0 Å². The summed E-state index contributed by atoms with van der Waals surface area (Å²) in [6.45, 7) is 10.7. The number of rotatable bonds is 13. The van der Waals surface area contributed by atoms with Crippen LogP contribution in [-0.2, 0) is 28.1 Å². The number of hydrogen-bond donors (Lipinski definition) is 3. The van der Waals surface area contributed by atoms with Crippen molar-refractivity contribution in [1.29, 1.82) is 0 Å². The minimum absolute atomic E-state index is 0.107. The summed E-state index contributed by atoms with van der Waals surface area (Å²) in [5, 5.41) is 26.5. The van der Waals surface area contributed by atoms with Gasteiger partial charge in [-0.05, 0) is 67.6 Å². The molecule has 3 heterocycles. The van der Waals surface area contributed by atoms with E-state index in [2.05, 4.69) is 65.8 Å². The molecule has 0 saturated heterocycles. The second-order valence-corrected chi connectivity index (χ2v) is 12.2. The van der Waals surface area contributed by atoms with E-state index in [4.69, 9.17) is 4.42 Å². The highest BCUT2D eigenvalue weighted by Gasteiger charge is 2.34. The average Bonchev–Trinajstić information content (AvgIpc) is 3.52. The summed E-state index contributed by atoms with van der Waals surface area (Å²) in [5.41, 5.74) is 2.95. The molecule has 0 saturated carbocycles. The van der Waals surface area contributed by atoms with Crippen molar-refractivity contribution in [2.75, 3.05) is 5.32 Å². The fourth-order valence-corrected chi connectivity index (χ4v) is 5.61. The third-order valence-corrected chi connectivity index (χ3v) is 8.86. The van der Waals surface area contributed by atoms with Crippen LogP contribution >= 0.6 is 0 Å². The minimum atomic E-state index is -1.11. The van der Waals surface area contributed by atoms with Gasteiger partial charge in [0.15, 0.2) is 0 Å². The molecule has 240 valence electrons. The zero-order chi connectivity index (χ0) is 33.0. The maximum atomic E-state index is 13.7. The fourth-order valence-electron chi connectivity index (χ4n) is 5.61. The molecule has 5 rings (SSSR count). The smallest absolute Gasteiger partial charge is 0.340 e. The van der Waals surface area contributed by atoms with Crippen molar-refractivity contribution >= 4 is 39.4 Å². The molecule has 11 heteroatoms. The van der Waals surface area contributed by atoms with Gasteiger partial charge in [0, 0.05) is 35.3 Å². The van der Waals surface area contributed by atoms with Crippen molar-refractivity contribution < 1.29 is 19.1 Å². The number of hydrogen-bond acceptors (Lipinski definition) is 8. The number of aliphatic carboxylic acids is 1. The first-order valence-electron chi connectivity index (χ1n) is 15.6. The molecule has 3 aromatic heterocycles. The quantitative estimate of drug-likeness (QED) is 0.136. The van der Waals surface area contributed by atoms with Gasteiger partial charge in [0.2, 0.25) is 5.91 Å². The molecule has 0 radical (unpaired) electrons. The van der Waals surface area contributed by atoms with E-state index < -0.39 is 29.6 Å². The number of nitrogens with one attached hydrogen (secondary N) is 2. The molecule has 1 amide bonds. The average molecular weight is 625 g/mol. The highest BCUT2D eigenvalue weighted by Crippen LogP contribution is 2.30. The molecule has 0 aliphatic heterocycles. The number of aryl methyl sites for hydroxylation is 1. The van der Waals surface area contributed by atoms with E-state index in [9.17, 15) is 19.5 Å². The number of aromatic nitrogens is 4. The number of fused-ring (bicyclic) bond motifs is 2. The number of carbonyl (C=O) groups excluding carboxylic acids is 1. The maximum Gasteiger partial charge on any atom is 0.340 e. The molecular weight excluding hydrogens is 584 g/mol. The largest absolute Gasteiger partial charge is 0.481 e. The minimum Gasteiger partial charge on any atom is -0.481 e. The molecule has 0 bridgehead atoms. The van der Waals surface area contributed by atoms with Crippen LogP contribution in [-0.4, -0.2) is 37.0 Å². The van der Waals surface area contributed by atoms with E-state index >= 15 is 0 Å². The van der Waals surface area contributed by atoms with Crippen molar-refractivity contribution in [3.8, 4) is 0 Å². The zero-order valence-electron chi connectivity index (χ0n) is 26.8. The molecule has 46 heavy (non-hydrogen) atoms. The van der Waals surface area contributed by atoms with E-state index in [-0.39, 0.29) is 23.0 Å². The van der Waals surface area contributed by atoms with Crippen LogP contribution in [0.1, 0.15) is 75.4 Å². The molecule has 0 aliphatic carbocycles. The maximum absolute atomic E-state index is 13.7. The van der Waals surface area contributed by atoms with Crippen LogP contribution in [0.15, 0.2) is 70.1 Å². The monoisotopic (exact) mass is 624 g/mol. The summed E-state index contributed by atoms with van der Waals surface area (Å²) in [7, 11) is 0. The predicted octanol–water partition coefficient (Wildman–Crippen LogP) is 5.90. The molecule has 0 fully saturated rings. The fraction of sp³-hybridized carbons (Fsp3) is 0.371. The molecule has 0 unspecified atom stereocenters. The van der Waals surface area contributed by atoms with E-state index in [0.29, 0.717) is 29.6 Å². The number of carboxylic acids is 1. The zero-order valence-corrected chi connectivity index (χ0v) is 26.8. The number of benzene rings is 2. The van der Waals surface area contributed by atoms with Gasteiger partial charge in [-0.3, -0.25) is 14.6 Å². The highest BCUT2D eigenvalue weighted by molar-refractivity contribution is 5.96. The van der Waals surface area contributed by atoms with E-state index in [1.165, 1.54) is 0 Å². The molecule has 0 spiro atoms. The molecule has 2 aromatic carbocycles. The van der Waals surface area contributed by atoms with Crippen molar-refractivity contribution in [1.82, 2.24) is 25.3 Å². The normalized spacial score (nSPS) is 13.6. The van der Waals surface area contributed by atoms with Crippen molar-refractivity contribution in [3.63, 3.8) is 0 Å². The Hall–Kier alpha value is -4.90. The van der Waals surface area contributed by atoms with Gasteiger partial charge < -0.3 is 20.2 Å². The Morgan fingerprint density at radius 3 is 2.67 bits per heavy atom. The van der Waals surface area contributed by atoms with E-state index in [1.807, 2.05) is 24.4 Å². The number of carbonyl (C=O) groups is 2. The van der Waals surface area contributed by atoms with Gasteiger partial charge in [-0.25, -0.2) is 9.48 Å². The van der Waals surface area contributed by atoms with Crippen molar-refractivity contribution in [2.45, 2.75) is 78.4 Å². The second-order valence-electron chi connectivity index (χ2n) is 12.2. The lowest BCUT2D eigenvalue weighted by Gasteiger charge is -2.33. The summed E-state index contributed by atoms with van der Waals surface area (Å²) >= 11 is 0. The Balaban J connectivity index is 1.37. The van der Waals surface area contributed by atoms with Gasteiger partial charge in [-0.2, -0.15) is 0 Å². The summed E-state index contributed by atoms with van der Waals surface area (Å²) in [6.07, 6.45) is 5.48. The van der Waals surface area contributed by atoms with Gasteiger partial charge in [0.1, 0.15) is 17.3 Å². The van der Waals surface area contributed by atoms with Crippen molar-refractivity contribution in [3.05, 3.63) is 93.7 Å². The third-order valence-electron chi connectivity index (χ3n) is 8.86. The summed E-state index contributed by atoms with van der Waals surface area (Å²) in [5.74, 6) is -1.22. The van der Waals surface area contributed by atoms with E-state index in [1.54, 1.807) is 36.0 Å². The number of amides is 1.